The van der Waals surface area contributed by atoms with Crippen LogP contribution in [0.3, 0.4) is 0 Å². The van der Waals surface area contributed by atoms with Gasteiger partial charge in [0.1, 0.15) is 0 Å². The molecule has 1 N–H and O–H groups in total. The molecule has 68 valence electrons. The highest BCUT2D eigenvalue weighted by molar-refractivity contribution is 5.44. The van der Waals surface area contributed by atoms with E-state index in [-0.39, 0.29) is 0 Å². The van der Waals surface area contributed by atoms with E-state index in [1.54, 1.807) is 0 Å². The number of nitrogens with one attached hydrogen (secondary N) is 1. The molecule has 0 unspecified atom stereocenters. The van der Waals surface area contributed by atoms with Gasteiger partial charge in [-0.05, 0) is 26.0 Å². The summed E-state index contributed by atoms with van der Waals surface area (Å²) in [6, 6.07) is 6.20. The second kappa shape index (κ2) is 3.05. The molecule has 2 aromatic rings. The second-order valence-electron chi connectivity index (χ2n) is 3.25. The predicted molar refractivity (Wildman–Crippen MR) is 51.7 cm³/mol. The zero-order valence-corrected chi connectivity index (χ0v) is 7.73. The van der Waals surface area contributed by atoms with E-state index < -0.39 is 0 Å². The lowest BCUT2D eigenvalue weighted by molar-refractivity contribution is 0.868. The summed E-state index contributed by atoms with van der Waals surface area (Å²) >= 11 is 0. The minimum atomic E-state index is 0.368. The molecule has 0 radical (unpaired) electrons. The minimum absolute atomic E-state index is 0.368. The van der Waals surface area contributed by atoms with Crippen molar-refractivity contribution in [3.05, 3.63) is 24.4 Å². The predicted octanol–water partition coefficient (Wildman–Crippen LogP) is 1.55. The summed E-state index contributed by atoms with van der Waals surface area (Å²) in [7, 11) is 0. The molecule has 0 fully saturated rings. The van der Waals surface area contributed by atoms with Gasteiger partial charge in [-0.2, -0.15) is 0 Å². The zero-order chi connectivity index (χ0) is 9.26. The van der Waals surface area contributed by atoms with E-state index in [0.29, 0.717) is 6.04 Å². The van der Waals surface area contributed by atoms with Crippen molar-refractivity contribution in [1.82, 2.24) is 14.6 Å². The van der Waals surface area contributed by atoms with Crippen LogP contribution in [-0.4, -0.2) is 20.6 Å². The molecule has 4 heteroatoms. The van der Waals surface area contributed by atoms with Crippen LogP contribution >= 0.6 is 0 Å². The molecule has 0 aromatic carbocycles. The van der Waals surface area contributed by atoms with Crippen molar-refractivity contribution in [2.75, 3.05) is 5.32 Å². The SMILES string of the molecule is CC(C)Nc1nnc2ccccn12. The maximum absolute atomic E-state index is 4.04. The number of fused-ring (bicyclic) bond motifs is 1. The van der Waals surface area contributed by atoms with Gasteiger partial charge in [-0.1, -0.05) is 6.07 Å². The summed E-state index contributed by atoms with van der Waals surface area (Å²) in [6.07, 6.45) is 1.94. The maximum atomic E-state index is 4.04. The summed E-state index contributed by atoms with van der Waals surface area (Å²) in [5.41, 5.74) is 0.866. The molecule has 0 saturated heterocycles. The number of nitrogens with zero attached hydrogens (tertiary/aromatic N) is 3. The molecule has 0 atom stereocenters. The summed E-state index contributed by atoms with van der Waals surface area (Å²) < 4.78 is 1.93. The van der Waals surface area contributed by atoms with Gasteiger partial charge in [0.05, 0.1) is 0 Å². The molecule has 2 rings (SSSR count). The Morgan fingerprint density at radius 2 is 2.15 bits per heavy atom. The van der Waals surface area contributed by atoms with E-state index in [1.807, 2.05) is 28.8 Å². The Kier molecular flexibility index (Phi) is 1.88. The van der Waals surface area contributed by atoms with Crippen LogP contribution in [0.2, 0.25) is 0 Å². The number of hydrogen-bond donors (Lipinski definition) is 1. The fourth-order valence-electron chi connectivity index (χ4n) is 1.20. The third kappa shape index (κ3) is 1.47. The van der Waals surface area contributed by atoms with Gasteiger partial charge in [0.25, 0.3) is 0 Å². The van der Waals surface area contributed by atoms with Gasteiger partial charge in [0.15, 0.2) is 5.65 Å². The summed E-state index contributed by atoms with van der Waals surface area (Å²) in [5, 5.41) is 11.3. The van der Waals surface area contributed by atoms with E-state index in [4.69, 9.17) is 0 Å². The monoisotopic (exact) mass is 176 g/mol. The van der Waals surface area contributed by atoms with Crippen LogP contribution in [0.25, 0.3) is 5.65 Å². The van der Waals surface area contributed by atoms with Crippen molar-refractivity contribution in [1.29, 1.82) is 0 Å². The Hall–Kier alpha value is -1.58. The van der Waals surface area contributed by atoms with Crippen LogP contribution in [0.4, 0.5) is 5.95 Å². The number of hydrogen-bond acceptors (Lipinski definition) is 3. The first-order chi connectivity index (χ1) is 6.27. The first-order valence-electron chi connectivity index (χ1n) is 4.33. The van der Waals surface area contributed by atoms with Gasteiger partial charge in [-0.25, -0.2) is 0 Å². The van der Waals surface area contributed by atoms with Crippen molar-refractivity contribution in [2.24, 2.45) is 0 Å². The van der Waals surface area contributed by atoms with Gasteiger partial charge in [0.2, 0.25) is 5.95 Å². The van der Waals surface area contributed by atoms with Crippen molar-refractivity contribution >= 4 is 11.6 Å². The lowest BCUT2D eigenvalue weighted by Gasteiger charge is -2.06. The molecule has 13 heavy (non-hydrogen) atoms. The van der Waals surface area contributed by atoms with Crippen molar-refractivity contribution in [3.8, 4) is 0 Å². The van der Waals surface area contributed by atoms with Crippen LogP contribution in [0.15, 0.2) is 24.4 Å². The Morgan fingerprint density at radius 1 is 1.31 bits per heavy atom. The standard InChI is InChI=1S/C9H12N4/c1-7(2)10-9-12-11-8-5-3-4-6-13(8)9/h3-7H,1-2H3,(H,10,12). The molecule has 4 nitrogen and oxygen atoms in total. The number of aromatic nitrogens is 3. The van der Waals surface area contributed by atoms with Gasteiger partial charge in [0, 0.05) is 12.2 Å². The van der Waals surface area contributed by atoms with Crippen molar-refractivity contribution in [3.63, 3.8) is 0 Å². The summed E-state index contributed by atoms with van der Waals surface area (Å²) in [5.74, 6) is 0.797. The normalized spacial score (nSPS) is 11.0. The number of anilines is 1. The molecule has 0 saturated carbocycles. The van der Waals surface area contributed by atoms with Gasteiger partial charge in [-0.15, -0.1) is 10.2 Å². The third-order valence-electron chi connectivity index (χ3n) is 1.73. The lowest BCUT2D eigenvalue weighted by atomic mass is 10.4. The molecule has 0 aliphatic carbocycles. The van der Waals surface area contributed by atoms with Crippen LogP contribution in [0, 0.1) is 0 Å². The Morgan fingerprint density at radius 3 is 2.92 bits per heavy atom. The fraction of sp³-hybridized carbons (Fsp3) is 0.333. The fourth-order valence-corrected chi connectivity index (χ4v) is 1.20. The molecule has 2 heterocycles. The highest BCUT2D eigenvalue weighted by Gasteiger charge is 2.03. The van der Waals surface area contributed by atoms with Crippen molar-refractivity contribution in [2.45, 2.75) is 19.9 Å². The highest BCUT2D eigenvalue weighted by Crippen LogP contribution is 2.07. The minimum Gasteiger partial charge on any atom is -0.352 e. The molecule has 0 aliphatic heterocycles. The van der Waals surface area contributed by atoms with E-state index in [2.05, 4.69) is 29.4 Å². The maximum Gasteiger partial charge on any atom is 0.229 e. The van der Waals surface area contributed by atoms with E-state index in [0.717, 1.165) is 11.6 Å². The van der Waals surface area contributed by atoms with Crippen molar-refractivity contribution < 1.29 is 0 Å². The first-order valence-corrected chi connectivity index (χ1v) is 4.33. The average Bonchev–Trinajstić information content (AvgIpc) is 2.48. The quantitative estimate of drug-likeness (QED) is 0.754. The topological polar surface area (TPSA) is 42.2 Å². The smallest absolute Gasteiger partial charge is 0.229 e. The van der Waals surface area contributed by atoms with E-state index in [1.165, 1.54) is 0 Å². The lowest BCUT2D eigenvalue weighted by Crippen LogP contribution is -2.12. The van der Waals surface area contributed by atoms with Crippen LogP contribution in [0.5, 0.6) is 0 Å². The van der Waals surface area contributed by atoms with Gasteiger partial charge >= 0.3 is 0 Å². The van der Waals surface area contributed by atoms with E-state index in [9.17, 15) is 0 Å². The largest absolute Gasteiger partial charge is 0.352 e. The van der Waals surface area contributed by atoms with Crippen LogP contribution < -0.4 is 5.32 Å². The van der Waals surface area contributed by atoms with Crippen LogP contribution in [-0.2, 0) is 0 Å². The number of rotatable bonds is 2. The van der Waals surface area contributed by atoms with Gasteiger partial charge < -0.3 is 5.32 Å². The second-order valence-corrected chi connectivity index (χ2v) is 3.25. The molecule has 0 bridgehead atoms. The molecule has 0 spiro atoms. The Bertz CT molecular complexity index is 405. The zero-order valence-electron chi connectivity index (χ0n) is 7.73. The molecule has 2 aromatic heterocycles. The molecule has 0 aliphatic rings. The molecule has 0 amide bonds. The third-order valence-corrected chi connectivity index (χ3v) is 1.73. The first kappa shape index (κ1) is 8.04. The average molecular weight is 176 g/mol. The Labute approximate surface area is 76.6 Å². The number of pyridine rings is 1. The van der Waals surface area contributed by atoms with Gasteiger partial charge in [-0.3, -0.25) is 4.40 Å². The highest BCUT2D eigenvalue weighted by atomic mass is 15.3. The van der Waals surface area contributed by atoms with Crippen LogP contribution in [0.1, 0.15) is 13.8 Å². The van der Waals surface area contributed by atoms with E-state index >= 15 is 0 Å². The summed E-state index contributed by atoms with van der Waals surface area (Å²) in [6.45, 7) is 4.15. The molecular formula is C9H12N4. The Balaban J connectivity index is 2.46. The summed E-state index contributed by atoms with van der Waals surface area (Å²) in [4.78, 5) is 0. The molecular weight excluding hydrogens is 164 g/mol.